The van der Waals surface area contributed by atoms with Crippen LogP contribution in [0.4, 0.5) is 5.69 Å². The molecule has 0 fully saturated rings. The summed E-state index contributed by atoms with van der Waals surface area (Å²) in [5.41, 5.74) is 9.49. The van der Waals surface area contributed by atoms with Crippen LogP contribution in [0.25, 0.3) is 0 Å². The Kier molecular flexibility index (Phi) is 3.11. The van der Waals surface area contributed by atoms with Crippen molar-refractivity contribution in [1.82, 2.24) is 0 Å². The largest absolute Gasteiger partial charge is 0.398 e. The van der Waals surface area contributed by atoms with Crippen molar-refractivity contribution in [2.45, 2.75) is 26.7 Å². The Labute approximate surface area is 76.6 Å². The van der Waals surface area contributed by atoms with Crippen LogP contribution in [0.15, 0.2) is 12.1 Å². The molecule has 0 aliphatic rings. The minimum absolute atomic E-state index is 0.883. The maximum Gasteiger partial charge on any atom is 0.0389 e. The highest BCUT2D eigenvalue weighted by Crippen LogP contribution is 2.15. The number of hydrogen-bond acceptors (Lipinski definition) is 1. The van der Waals surface area contributed by atoms with Gasteiger partial charge in [0.05, 0.1) is 0 Å². The summed E-state index contributed by atoms with van der Waals surface area (Å²) in [6, 6.07) is 4.11. The van der Waals surface area contributed by atoms with E-state index in [-0.39, 0.29) is 0 Å². The molecule has 0 heterocycles. The average molecular weight is 181 g/mol. The van der Waals surface area contributed by atoms with Gasteiger partial charge in [0.15, 0.2) is 0 Å². The van der Waals surface area contributed by atoms with Crippen LogP contribution < -0.4 is 11.0 Å². The van der Waals surface area contributed by atoms with E-state index < -0.39 is 0 Å². The smallest absolute Gasteiger partial charge is 0.0389 e. The van der Waals surface area contributed by atoms with E-state index in [1.807, 2.05) is 6.07 Å². The Hall–Kier alpha value is -0.550. The first-order valence-electron chi connectivity index (χ1n) is 4.36. The normalized spacial score (nSPS) is 10.2. The molecule has 12 heavy (non-hydrogen) atoms. The molecule has 0 saturated carbocycles. The van der Waals surface area contributed by atoms with Crippen molar-refractivity contribution >= 4 is 20.2 Å². The van der Waals surface area contributed by atoms with E-state index in [1.54, 1.807) is 0 Å². The van der Waals surface area contributed by atoms with Crippen LogP contribution in [-0.4, -0.2) is 0 Å². The molecule has 0 aliphatic heterocycles. The molecule has 1 atom stereocenters. The lowest BCUT2D eigenvalue weighted by Crippen LogP contribution is -2.10. The van der Waals surface area contributed by atoms with E-state index in [0.717, 1.165) is 18.5 Å². The second-order valence-corrected chi connectivity index (χ2v) is 3.49. The molecule has 1 nitrogen and oxygen atoms in total. The van der Waals surface area contributed by atoms with Gasteiger partial charge in [0.25, 0.3) is 0 Å². The molecule has 1 aromatic carbocycles. The minimum Gasteiger partial charge on any atom is -0.398 e. The Morgan fingerprint density at radius 2 is 1.92 bits per heavy atom. The Bertz CT molecular complexity index is 281. The van der Waals surface area contributed by atoms with Gasteiger partial charge in [-0.05, 0) is 35.3 Å². The summed E-state index contributed by atoms with van der Waals surface area (Å²) in [5.74, 6) is 0. The zero-order chi connectivity index (χ0) is 9.14. The third kappa shape index (κ3) is 1.61. The lowest BCUT2D eigenvalue weighted by atomic mass is 10.0. The zero-order valence-electron chi connectivity index (χ0n) is 7.72. The van der Waals surface area contributed by atoms with E-state index in [9.17, 15) is 0 Å². The Balaban J connectivity index is 3.25. The topological polar surface area (TPSA) is 26.0 Å². The van der Waals surface area contributed by atoms with Crippen LogP contribution in [0.5, 0.6) is 0 Å². The fourth-order valence-corrected chi connectivity index (χ4v) is 1.96. The highest BCUT2D eigenvalue weighted by molar-refractivity contribution is 7.28. The van der Waals surface area contributed by atoms with E-state index in [1.165, 1.54) is 16.4 Å². The van der Waals surface area contributed by atoms with E-state index in [0.29, 0.717) is 0 Å². The lowest BCUT2D eigenvalue weighted by molar-refractivity contribution is 1.05. The summed E-state index contributed by atoms with van der Waals surface area (Å²) in [4.78, 5) is 0. The average Bonchev–Trinajstić information content (AvgIpc) is 2.09. The number of rotatable bonds is 2. The van der Waals surface area contributed by atoms with Crippen LogP contribution in [0.3, 0.4) is 0 Å². The van der Waals surface area contributed by atoms with E-state index >= 15 is 0 Å². The van der Waals surface area contributed by atoms with Crippen LogP contribution in [-0.2, 0) is 12.8 Å². The number of benzene rings is 1. The molecule has 1 aromatic rings. The molecule has 2 N–H and O–H groups in total. The van der Waals surface area contributed by atoms with Crippen molar-refractivity contribution in [2.75, 3.05) is 5.73 Å². The highest BCUT2D eigenvalue weighted by Gasteiger charge is 2.04. The molecule has 0 amide bonds. The van der Waals surface area contributed by atoms with Gasteiger partial charge in [-0.15, -0.1) is 9.24 Å². The van der Waals surface area contributed by atoms with Gasteiger partial charge >= 0.3 is 0 Å². The predicted molar refractivity (Wildman–Crippen MR) is 59.0 cm³/mol. The first-order chi connectivity index (χ1) is 5.70. The summed E-state index contributed by atoms with van der Waals surface area (Å²) in [7, 11) is 2.73. The van der Waals surface area contributed by atoms with Crippen molar-refractivity contribution in [2.24, 2.45) is 0 Å². The number of nitrogens with two attached hydrogens (primary N) is 1. The summed E-state index contributed by atoms with van der Waals surface area (Å²) in [6.45, 7) is 4.34. The molecule has 0 bridgehead atoms. The highest BCUT2D eigenvalue weighted by atomic mass is 31.0. The Morgan fingerprint density at radius 3 is 2.42 bits per heavy atom. The van der Waals surface area contributed by atoms with Crippen LogP contribution in [0.1, 0.15) is 25.0 Å². The van der Waals surface area contributed by atoms with Crippen molar-refractivity contribution in [1.29, 1.82) is 0 Å². The van der Waals surface area contributed by atoms with E-state index in [2.05, 4.69) is 29.2 Å². The van der Waals surface area contributed by atoms with Gasteiger partial charge in [-0.2, -0.15) is 0 Å². The molecule has 1 rings (SSSR count). The second kappa shape index (κ2) is 3.91. The number of hydrogen-bond donors (Lipinski definition) is 1. The van der Waals surface area contributed by atoms with Gasteiger partial charge in [-0.25, -0.2) is 0 Å². The van der Waals surface area contributed by atoms with Crippen LogP contribution in [0, 0.1) is 0 Å². The number of aryl methyl sites for hydroxylation is 1. The molecular weight excluding hydrogens is 165 g/mol. The third-order valence-corrected chi connectivity index (χ3v) is 2.90. The van der Waals surface area contributed by atoms with Crippen molar-refractivity contribution < 1.29 is 0 Å². The minimum atomic E-state index is 0.883. The fourth-order valence-electron chi connectivity index (χ4n) is 1.48. The maximum atomic E-state index is 5.80. The molecule has 2 heteroatoms. The first-order valence-corrected chi connectivity index (χ1v) is 4.94. The van der Waals surface area contributed by atoms with Crippen LogP contribution >= 0.6 is 9.24 Å². The quantitative estimate of drug-likeness (QED) is 0.547. The first kappa shape index (κ1) is 9.54. The SMILES string of the molecule is CCc1ccc(N)c(P)c1CC. The Morgan fingerprint density at radius 1 is 1.25 bits per heavy atom. The molecular formula is C10H16NP. The van der Waals surface area contributed by atoms with Gasteiger partial charge in [0.1, 0.15) is 0 Å². The molecule has 0 aliphatic carbocycles. The zero-order valence-corrected chi connectivity index (χ0v) is 8.88. The van der Waals surface area contributed by atoms with Gasteiger partial charge < -0.3 is 5.73 Å². The molecule has 66 valence electrons. The van der Waals surface area contributed by atoms with Gasteiger partial charge in [-0.1, -0.05) is 19.9 Å². The van der Waals surface area contributed by atoms with Gasteiger partial charge in [-0.3, -0.25) is 0 Å². The number of nitrogen functional groups attached to an aromatic ring is 1. The van der Waals surface area contributed by atoms with Crippen molar-refractivity contribution in [3.05, 3.63) is 23.3 Å². The summed E-state index contributed by atoms with van der Waals surface area (Å²) < 4.78 is 0. The van der Waals surface area contributed by atoms with Crippen molar-refractivity contribution in [3.63, 3.8) is 0 Å². The number of anilines is 1. The molecule has 0 saturated heterocycles. The molecule has 0 spiro atoms. The van der Waals surface area contributed by atoms with Gasteiger partial charge in [0, 0.05) is 5.69 Å². The third-order valence-electron chi connectivity index (χ3n) is 2.22. The molecule has 1 unspecified atom stereocenters. The van der Waals surface area contributed by atoms with E-state index in [4.69, 9.17) is 5.73 Å². The summed E-state index contributed by atoms with van der Waals surface area (Å²) in [5, 5.41) is 1.18. The fraction of sp³-hybridized carbons (Fsp3) is 0.400. The maximum absolute atomic E-state index is 5.80. The predicted octanol–water partition coefficient (Wildman–Crippen LogP) is 1.89. The van der Waals surface area contributed by atoms with Gasteiger partial charge in [0.2, 0.25) is 0 Å². The molecule has 0 radical (unpaired) electrons. The lowest BCUT2D eigenvalue weighted by Gasteiger charge is -2.10. The monoisotopic (exact) mass is 181 g/mol. The van der Waals surface area contributed by atoms with Crippen molar-refractivity contribution in [3.8, 4) is 0 Å². The summed E-state index contributed by atoms with van der Waals surface area (Å²) in [6.07, 6.45) is 2.15. The standard InChI is InChI=1S/C10H16NP/c1-3-7-5-6-9(11)10(12)8(7)4-2/h5-6H,3-4,11-12H2,1-2H3. The second-order valence-electron chi connectivity index (χ2n) is 2.91. The van der Waals surface area contributed by atoms with Crippen LogP contribution in [0.2, 0.25) is 0 Å². The molecule has 0 aromatic heterocycles. The summed E-state index contributed by atoms with van der Waals surface area (Å²) >= 11 is 0.